The first kappa shape index (κ1) is 14.9. The normalized spacial score (nSPS) is 50.7. The van der Waals surface area contributed by atoms with Crippen LogP contribution in [-0.4, -0.2) is 23.1 Å². The molecule has 6 atom stereocenters. The maximum atomic E-state index is 9.09. The first-order valence-corrected chi connectivity index (χ1v) is 9.59. The summed E-state index contributed by atoms with van der Waals surface area (Å²) >= 11 is 0. The van der Waals surface area contributed by atoms with E-state index in [1.165, 1.54) is 31.3 Å². The highest BCUT2D eigenvalue weighted by molar-refractivity contribution is 5.96. The Labute approximate surface area is 144 Å². The van der Waals surface area contributed by atoms with E-state index in [1.54, 1.807) is 0 Å². The zero-order chi connectivity index (χ0) is 16.4. The Morgan fingerprint density at radius 1 is 1.25 bits per heavy atom. The molecule has 1 heterocycles. The molecule has 3 nitrogen and oxygen atoms in total. The molecule has 0 aromatic rings. The van der Waals surface area contributed by atoms with E-state index >= 15 is 0 Å². The minimum atomic E-state index is 0.00980. The lowest BCUT2D eigenvalue weighted by atomic mass is 9.52. The summed E-state index contributed by atoms with van der Waals surface area (Å²) in [4.78, 5) is 0. The molecule has 2 fully saturated rings. The molecule has 1 aliphatic heterocycles. The summed E-state index contributed by atoms with van der Waals surface area (Å²) in [6, 6.07) is 0. The molecule has 3 heteroatoms. The van der Waals surface area contributed by atoms with Crippen LogP contribution in [0.4, 0.5) is 0 Å². The van der Waals surface area contributed by atoms with Crippen LogP contribution in [0.5, 0.6) is 0 Å². The molecule has 0 aromatic carbocycles. The van der Waals surface area contributed by atoms with Crippen LogP contribution in [0.15, 0.2) is 41.1 Å². The summed E-state index contributed by atoms with van der Waals surface area (Å²) in [5.41, 5.74) is 2.53. The molecule has 0 aromatic heterocycles. The summed E-state index contributed by atoms with van der Waals surface area (Å²) < 4.78 is 6.30. The Hall–Kier alpha value is -1.35. The van der Waals surface area contributed by atoms with Gasteiger partial charge in [-0.2, -0.15) is 0 Å². The number of ether oxygens (including phenoxy) is 1. The van der Waals surface area contributed by atoms with E-state index in [2.05, 4.69) is 42.5 Å². The highest BCUT2D eigenvalue weighted by Gasteiger charge is 2.62. The predicted molar refractivity (Wildman–Crippen MR) is 94.0 cm³/mol. The topological polar surface area (TPSA) is 41.8 Å². The van der Waals surface area contributed by atoms with Crippen LogP contribution in [0.2, 0.25) is 0 Å². The van der Waals surface area contributed by atoms with Gasteiger partial charge in [-0.15, -0.1) is 0 Å². The van der Waals surface area contributed by atoms with E-state index in [1.807, 2.05) is 0 Å². The Morgan fingerprint density at radius 3 is 2.96 bits per heavy atom. The molecule has 1 N–H and O–H groups in total. The number of rotatable bonds is 0. The SMILES string of the molecule is C[C@]12CCC3C(C=CC4=C/C(=N/O)CC[C@@H]43)C1CC[C@@]21C=CCO1. The molecule has 2 saturated carbocycles. The fourth-order valence-electron chi connectivity index (χ4n) is 6.78. The smallest absolute Gasteiger partial charge is 0.0923 e. The number of nitrogens with zero attached hydrogens (tertiary/aromatic N) is 1. The van der Waals surface area contributed by atoms with Gasteiger partial charge >= 0.3 is 0 Å². The molecule has 0 bridgehead atoms. The van der Waals surface area contributed by atoms with E-state index in [9.17, 15) is 0 Å². The summed E-state index contributed by atoms with van der Waals surface area (Å²) in [6.45, 7) is 3.29. The lowest BCUT2D eigenvalue weighted by molar-refractivity contribution is -0.0993. The van der Waals surface area contributed by atoms with Crippen molar-refractivity contribution < 1.29 is 9.94 Å². The average Bonchev–Trinajstić information content (AvgIpc) is 3.21. The molecule has 0 saturated heterocycles. The van der Waals surface area contributed by atoms with E-state index in [4.69, 9.17) is 9.94 Å². The van der Waals surface area contributed by atoms with Crippen LogP contribution in [0.25, 0.3) is 0 Å². The number of allylic oxidation sites excluding steroid dienone is 4. The van der Waals surface area contributed by atoms with Gasteiger partial charge in [-0.1, -0.05) is 36.4 Å². The van der Waals surface area contributed by atoms with Crippen LogP contribution in [-0.2, 0) is 4.74 Å². The summed E-state index contributed by atoms with van der Waals surface area (Å²) in [5.74, 6) is 2.85. The molecule has 5 rings (SSSR count). The Bertz CT molecular complexity index is 675. The Kier molecular flexibility index (Phi) is 3.16. The van der Waals surface area contributed by atoms with E-state index in [0.717, 1.165) is 37.0 Å². The highest BCUT2D eigenvalue weighted by atomic mass is 16.5. The van der Waals surface area contributed by atoms with Crippen molar-refractivity contribution in [2.24, 2.45) is 34.2 Å². The number of fused-ring (bicyclic) bond motifs is 6. The molecule has 5 aliphatic rings. The monoisotopic (exact) mass is 325 g/mol. The number of hydrogen-bond donors (Lipinski definition) is 1. The van der Waals surface area contributed by atoms with Crippen molar-refractivity contribution in [2.75, 3.05) is 6.61 Å². The van der Waals surface area contributed by atoms with Crippen LogP contribution in [0.3, 0.4) is 0 Å². The van der Waals surface area contributed by atoms with Crippen molar-refractivity contribution in [3.63, 3.8) is 0 Å². The zero-order valence-electron chi connectivity index (χ0n) is 14.4. The summed E-state index contributed by atoms with van der Waals surface area (Å²) in [7, 11) is 0. The molecular weight excluding hydrogens is 298 g/mol. The van der Waals surface area contributed by atoms with Crippen LogP contribution in [0, 0.1) is 29.1 Å². The van der Waals surface area contributed by atoms with Crippen molar-refractivity contribution in [1.29, 1.82) is 0 Å². The molecule has 1 spiro atoms. The van der Waals surface area contributed by atoms with Gasteiger partial charge in [0.15, 0.2) is 0 Å². The van der Waals surface area contributed by atoms with Crippen LogP contribution >= 0.6 is 0 Å². The van der Waals surface area contributed by atoms with Gasteiger partial charge in [-0.05, 0) is 73.8 Å². The fraction of sp³-hybridized carbons (Fsp3) is 0.667. The summed E-state index contributed by atoms with van der Waals surface area (Å²) in [5, 5.41) is 12.5. The molecule has 0 amide bonds. The van der Waals surface area contributed by atoms with Crippen molar-refractivity contribution >= 4 is 5.71 Å². The third-order valence-corrected chi connectivity index (χ3v) is 8.02. The third-order valence-electron chi connectivity index (χ3n) is 8.02. The maximum Gasteiger partial charge on any atom is 0.0923 e. The Morgan fingerprint density at radius 2 is 2.17 bits per heavy atom. The third kappa shape index (κ3) is 1.79. The van der Waals surface area contributed by atoms with Gasteiger partial charge in [-0.25, -0.2) is 0 Å². The second-order valence-electron chi connectivity index (χ2n) is 8.69. The van der Waals surface area contributed by atoms with Gasteiger partial charge in [0.2, 0.25) is 0 Å². The van der Waals surface area contributed by atoms with Gasteiger partial charge in [0.1, 0.15) is 0 Å². The molecule has 24 heavy (non-hydrogen) atoms. The Balaban J connectivity index is 1.50. The highest BCUT2D eigenvalue weighted by Crippen LogP contribution is 2.65. The minimum absolute atomic E-state index is 0.00980. The average molecular weight is 325 g/mol. The fourth-order valence-corrected chi connectivity index (χ4v) is 6.78. The van der Waals surface area contributed by atoms with E-state index in [-0.39, 0.29) is 5.60 Å². The zero-order valence-corrected chi connectivity index (χ0v) is 14.4. The van der Waals surface area contributed by atoms with E-state index in [0.29, 0.717) is 17.3 Å². The van der Waals surface area contributed by atoms with Crippen LogP contribution in [0.1, 0.15) is 45.4 Å². The second kappa shape index (κ2) is 5.08. The van der Waals surface area contributed by atoms with Gasteiger partial charge in [0.05, 0.1) is 17.9 Å². The van der Waals surface area contributed by atoms with E-state index < -0.39 is 0 Å². The standard InChI is InChI=1S/C21H27NO2/c1-20-10-7-17-16-6-4-15(22-23)13-14(16)3-5-18(17)19(20)8-11-21(20)9-2-12-24-21/h2-3,5,9,13,16-19,23H,4,6-8,10-12H2,1H3/b22-15+/t16-,17?,18?,19?,20-,21-/m0/s1. The predicted octanol–water partition coefficient (Wildman–Crippen LogP) is 4.49. The molecular formula is C21H27NO2. The quantitative estimate of drug-likeness (QED) is 0.405. The van der Waals surface area contributed by atoms with Crippen molar-refractivity contribution in [3.8, 4) is 0 Å². The lowest BCUT2D eigenvalue weighted by Gasteiger charge is -2.54. The largest absolute Gasteiger partial charge is 0.411 e. The molecule has 0 radical (unpaired) electrons. The van der Waals surface area contributed by atoms with Crippen LogP contribution < -0.4 is 0 Å². The molecule has 128 valence electrons. The number of hydrogen-bond acceptors (Lipinski definition) is 3. The first-order chi connectivity index (χ1) is 11.7. The van der Waals surface area contributed by atoms with Gasteiger partial charge in [-0.3, -0.25) is 0 Å². The van der Waals surface area contributed by atoms with Gasteiger partial charge in [0, 0.05) is 5.41 Å². The minimum Gasteiger partial charge on any atom is -0.411 e. The molecule has 4 aliphatic carbocycles. The first-order valence-electron chi connectivity index (χ1n) is 9.59. The van der Waals surface area contributed by atoms with Crippen molar-refractivity contribution in [1.82, 2.24) is 0 Å². The maximum absolute atomic E-state index is 9.09. The van der Waals surface area contributed by atoms with Gasteiger partial charge in [0.25, 0.3) is 0 Å². The second-order valence-corrected chi connectivity index (χ2v) is 8.69. The van der Waals surface area contributed by atoms with Crippen molar-refractivity contribution in [3.05, 3.63) is 36.0 Å². The number of oxime groups is 1. The molecule has 3 unspecified atom stereocenters. The van der Waals surface area contributed by atoms with Gasteiger partial charge < -0.3 is 9.94 Å². The van der Waals surface area contributed by atoms with Crippen molar-refractivity contribution in [2.45, 2.75) is 51.0 Å². The lowest BCUT2D eigenvalue weighted by Crippen LogP contribution is -2.51. The summed E-state index contributed by atoms with van der Waals surface area (Å²) in [6.07, 6.45) is 18.7.